The van der Waals surface area contributed by atoms with E-state index in [2.05, 4.69) is 35.3 Å². The highest BCUT2D eigenvalue weighted by molar-refractivity contribution is 8.01. The van der Waals surface area contributed by atoms with Gasteiger partial charge in [-0.15, -0.1) is 10.2 Å². The summed E-state index contributed by atoms with van der Waals surface area (Å²) in [5.74, 6) is 0. The summed E-state index contributed by atoms with van der Waals surface area (Å²) >= 11 is 3.28. The summed E-state index contributed by atoms with van der Waals surface area (Å²) < 4.78 is 0.961. The van der Waals surface area contributed by atoms with Crippen molar-refractivity contribution in [1.82, 2.24) is 10.2 Å². The second-order valence-electron chi connectivity index (χ2n) is 4.44. The van der Waals surface area contributed by atoms with Gasteiger partial charge >= 0.3 is 0 Å². The zero-order chi connectivity index (χ0) is 13.8. The summed E-state index contributed by atoms with van der Waals surface area (Å²) in [6, 6.07) is 8.35. The van der Waals surface area contributed by atoms with E-state index in [9.17, 15) is 0 Å². The van der Waals surface area contributed by atoms with Gasteiger partial charge in [0.05, 0.1) is 0 Å². The Hall–Kier alpha value is -1.11. The van der Waals surface area contributed by atoms with Crippen LogP contribution < -0.4 is 10.6 Å². The molecule has 19 heavy (non-hydrogen) atoms. The van der Waals surface area contributed by atoms with Gasteiger partial charge in [0.1, 0.15) is 0 Å². The fourth-order valence-corrected chi connectivity index (χ4v) is 3.82. The van der Waals surface area contributed by atoms with Crippen molar-refractivity contribution in [2.45, 2.75) is 16.5 Å². The highest BCUT2D eigenvalue weighted by atomic mass is 32.2. The van der Waals surface area contributed by atoms with Gasteiger partial charge in [-0.25, -0.2) is 0 Å². The van der Waals surface area contributed by atoms with Gasteiger partial charge in [0, 0.05) is 25.9 Å². The zero-order valence-corrected chi connectivity index (χ0v) is 13.0. The SMILES string of the molecule is Cc1ccccc1C(CN)Sc1nnc(N(C)C)s1. The Labute approximate surface area is 122 Å². The molecule has 4 nitrogen and oxygen atoms in total. The normalized spacial score (nSPS) is 12.4. The molecule has 102 valence electrons. The largest absolute Gasteiger partial charge is 0.353 e. The molecule has 0 fully saturated rings. The molecule has 0 aliphatic heterocycles. The van der Waals surface area contributed by atoms with Crippen molar-refractivity contribution in [1.29, 1.82) is 0 Å². The molecule has 0 saturated heterocycles. The van der Waals surface area contributed by atoms with Gasteiger partial charge in [0.25, 0.3) is 0 Å². The fraction of sp³-hybridized carbons (Fsp3) is 0.385. The van der Waals surface area contributed by atoms with E-state index in [0.29, 0.717) is 6.54 Å². The third-order valence-electron chi connectivity index (χ3n) is 2.77. The first-order chi connectivity index (χ1) is 9.11. The van der Waals surface area contributed by atoms with Crippen molar-refractivity contribution < 1.29 is 0 Å². The first-order valence-electron chi connectivity index (χ1n) is 6.05. The van der Waals surface area contributed by atoms with Crippen molar-refractivity contribution in [3.8, 4) is 0 Å². The quantitative estimate of drug-likeness (QED) is 0.859. The molecule has 1 aromatic carbocycles. The van der Waals surface area contributed by atoms with E-state index in [-0.39, 0.29) is 5.25 Å². The smallest absolute Gasteiger partial charge is 0.208 e. The first kappa shape index (κ1) is 14.3. The van der Waals surface area contributed by atoms with Crippen LogP contribution in [-0.4, -0.2) is 30.8 Å². The molecule has 0 radical (unpaired) electrons. The number of rotatable bonds is 5. The van der Waals surface area contributed by atoms with Gasteiger partial charge in [-0.2, -0.15) is 0 Å². The van der Waals surface area contributed by atoms with Crippen molar-refractivity contribution in [2.75, 3.05) is 25.5 Å². The van der Waals surface area contributed by atoms with Crippen LogP contribution >= 0.6 is 23.1 Å². The maximum absolute atomic E-state index is 5.91. The van der Waals surface area contributed by atoms with Crippen LogP contribution in [0.4, 0.5) is 5.13 Å². The minimum atomic E-state index is 0.226. The molecule has 6 heteroatoms. The maximum Gasteiger partial charge on any atom is 0.208 e. The van der Waals surface area contributed by atoms with Crippen molar-refractivity contribution >= 4 is 28.2 Å². The first-order valence-corrected chi connectivity index (χ1v) is 7.74. The van der Waals surface area contributed by atoms with E-state index < -0.39 is 0 Å². The van der Waals surface area contributed by atoms with Crippen LogP contribution in [0.25, 0.3) is 0 Å². The molecule has 0 spiro atoms. The molecule has 2 aromatic rings. The average Bonchev–Trinajstić information content (AvgIpc) is 2.86. The molecule has 1 unspecified atom stereocenters. The Balaban J connectivity index is 2.17. The number of thioether (sulfide) groups is 1. The molecule has 0 bridgehead atoms. The number of aromatic nitrogens is 2. The molecule has 2 rings (SSSR count). The van der Waals surface area contributed by atoms with Crippen LogP contribution in [0.3, 0.4) is 0 Å². The lowest BCUT2D eigenvalue weighted by molar-refractivity contribution is 0.920. The minimum absolute atomic E-state index is 0.226. The fourth-order valence-electron chi connectivity index (χ4n) is 1.74. The Bertz CT molecular complexity index is 539. The molecule has 0 saturated carbocycles. The summed E-state index contributed by atoms with van der Waals surface area (Å²) in [4.78, 5) is 1.97. The Morgan fingerprint density at radius 1 is 1.32 bits per heavy atom. The van der Waals surface area contributed by atoms with Crippen LogP contribution in [0.5, 0.6) is 0 Å². The van der Waals surface area contributed by atoms with Crippen LogP contribution in [0.15, 0.2) is 28.6 Å². The molecule has 0 amide bonds. The predicted molar refractivity (Wildman–Crippen MR) is 83.1 cm³/mol. The van der Waals surface area contributed by atoms with Gasteiger partial charge in [0.15, 0.2) is 4.34 Å². The van der Waals surface area contributed by atoms with E-state index in [1.165, 1.54) is 11.1 Å². The standard InChI is InChI=1S/C13H18N4S2/c1-9-6-4-5-7-10(9)11(8-14)18-13-16-15-12(19-13)17(2)3/h4-7,11H,8,14H2,1-3H3. The van der Waals surface area contributed by atoms with Crippen molar-refractivity contribution in [3.05, 3.63) is 35.4 Å². The summed E-state index contributed by atoms with van der Waals surface area (Å²) in [5, 5.41) is 9.51. The second kappa shape index (κ2) is 6.36. The molecule has 0 aliphatic carbocycles. The highest BCUT2D eigenvalue weighted by Crippen LogP contribution is 2.38. The number of anilines is 1. The van der Waals surface area contributed by atoms with E-state index in [4.69, 9.17) is 5.73 Å². The van der Waals surface area contributed by atoms with Gasteiger partial charge in [0.2, 0.25) is 5.13 Å². The topological polar surface area (TPSA) is 55.0 Å². The Kier molecular flexibility index (Phi) is 4.79. The van der Waals surface area contributed by atoms with Crippen LogP contribution in [-0.2, 0) is 0 Å². The Morgan fingerprint density at radius 2 is 2.05 bits per heavy atom. The van der Waals surface area contributed by atoms with Gasteiger partial charge in [-0.05, 0) is 18.1 Å². The van der Waals surface area contributed by atoms with Gasteiger partial charge < -0.3 is 10.6 Å². The molecular formula is C13H18N4S2. The van der Waals surface area contributed by atoms with Gasteiger partial charge in [-0.1, -0.05) is 47.4 Å². The number of hydrogen-bond donors (Lipinski definition) is 1. The molecule has 0 aliphatic rings. The Morgan fingerprint density at radius 3 is 2.63 bits per heavy atom. The van der Waals surface area contributed by atoms with E-state index in [0.717, 1.165) is 9.47 Å². The second-order valence-corrected chi connectivity index (χ2v) is 6.85. The molecule has 2 N–H and O–H groups in total. The molecule has 1 atom stereocenters. The van der Waals surface area contributed by atoms with E-state index in [1.807, 2.05) is 25.1 Å². The van der Waals surface area contributed by atoms with Crippen molar-refractivity contribution in [2.24, 2.45) is 5.73 Å². The van der Waals surface area contributed by atoms with E-state index >= 15 is 0 Å². The average molecular weight is 294 g/mol. The molecule has 1 heterocycles. The highest BCUT2D eigenvalue weighted by Gasteiger charge is 2.16. The van der Waals surface area contributed by atoms with Crippen molar-refractivity contribution in [3.63, 3.8) is 0 Å². The van der Waals surface area contributed by atoms with Crippen LogP contribution in [0.1, 0.15) is 16.4 Å². The lowest BCUT2D eigenvalue weighted by Crippen LogP contribution is -2.10. The van der Waals surface area contributed by atoms with E-state index in [1.54, 1.807) is 23.1 Å². The predicted octanol–water partition coefficient (Wildman–Crippen LogP) is 2.70. The monoisotopic (exact) mass is 294 g/mol. The lowest BCUT2D eigenvalue weighted by atomic mass is 10.1. The maximum atomic E-state index is 5.91. The third-order valence-corrected chi connectivity index (χ3v) is 5.21. The van der Waals surface area contributed by atoms with Crippen LogP contribution in [0, 0.1) is 6.92 Å². The third kappa shape index (κ3) is 3.46. The zero-order valence-electron chi connectivity index (χ0n) is 11.3. The lowest BCUT2D eigenvalue weighted by Gasteiger charge is -2.15. The minimum Gasteiger partial charge on any atom is -0.353 e. The number of benzene rings is 1. The molecular weight excluding hydrogens is 276 g/mol. The summed E-state index contributed by atoms with van der Waals surface area (Å²) in [6.45, 7) is 2.70. The summed E-state index contributed by atoms with van der Waals surface area (Å²) in [6.07, 6.45) is 0. The molecule has 1 aromatic heterocycles. The number of aryl methyl sites for hydroxylation is 1. The summed E-state index contributed by atoms with van der Waals surface area (Å²) in [5.41, 5.74) is 8.45. The van der Waals surface area contributed by atoms with Gasteiger partial charge in [-0.3, -0.25) is 0 Å². The number of nitrogens with zero attached hydrogens (tertiary/aromatic N) is 3. The summed E-state index contributed by atoms with van der Waals surface area (Å²) in [7, 11) is 3.94. The van der Waals surface area contributed by atoms with Crippen LogP contribution in [0.2, 0.25) is 0 Å². The number of nitrogens with two attached hydrogens (primary N) is 1. The number of hydrogen-bond acceptors (Lipinski definition) is 6.